The first kappa shape index (κ1) is 12.0. The SMILES string of the molecule is COc1cc(C2CC2CO)cc(OC)c1OC. The molecule has 4 heteroatoms. The van der Waals surface area contributed by atoms with Crippen LogP contribution < -0.4 is 14.2 Å². The van der Waals surface area contributed by atoms with Crippen molar-refractivity contribution < 1.29 is 19.3 Å². The summed E-state index contributed by atoms with van der Waals surface area (Å²) in [5, 5.41) is 9.10. The number of benzene rings is 1. The van der Waals surface area contributed by atoms with Crippen LogP contribution in [0.5, 0.6) is 17.2 Å². The summed E-state index contributed by atoms with van der Waals surface area (Å²) in [4.78, 5) is 0. The van der Waals surface area contributed by atoms with Gasteiger partial charge in [-0.05, 0) is 36.0 Å². The van der Waals surface area contributed by atoms with E-state index in [1.54, 1.807) is 21.3 Å². The summed E-state index contributed by atoms with van der Waals surface area (Å²) in [6, 6.07) is 3.92. The van der Waals surface area contributed by atoms with Crippen molar-refractivity contribution in [3.8, 4) is 17.2 Å². The van der Waals surface area contributed by atoms with Crippen LogP contribution in [0.15, 0.2) is 12.1 Å². The van der Waals surface area contributed by atoms with Crippen molar-refractivity contribution in [2.75, 3.05) is 27.9 Å². The molecule has 1 aliphatic carbocycles. The van der Waals surface area contributed by atoms with E-state index in [4.69, 9.17) is 19.3 Å². The maximum atomic E-state index is 9.10. The molecule has 0 spiro atoms. The first-order valence-electron chi connectivity index (χ1n) is 5.65. The van der Waals surface area contributed by atoms with Crippen molar-refractivity contribution in [3.63, 3.8) is 0 Å². The zero-order valence-corrected chi connectivity index (χ0v) is 10.4. The van der Waals surface area contributed by atoms with E-state index in [0.29, 0.717) is 29.1 Å². The summed E-state index contributed by atoms with van der Waals surface area (Å²) in [5.41, 5.74) is 1.14. The van der Waals surface area contributed by atoms with Crippen molar-refractivity contribution >= 4 is 0 Å². The van der Waals surface area contributed by atoms with Gasteiger partial charge in [0.2, 0.25) is 5.75 Å². The maximum Gasteiger partial charge on any atom is 0.203 e. The van der Waals surface area contributed by atoms with Gasteiger partial charge in [-0.25, -0.2) is 0 Å². The Bertz CT molecular complexity index is 377. The molecule has 0 bridgehead atoms. The van der Waals surface area contributed by atoms with Crippen LogP contribution in [-0.2, 0) is 0 Å². The van der Waals surface area contributed by atoms with Gasteiger partial charge in [0, 0.05) is 6.61 Å². The second kappa shape index (κ2) is 4.84. The Hall–Kier alpha value is -1.42. The van der Waals surface area contributed by atoms with Crippen LogP contribution in [-0.4, -0.2) is 33.0 Å². The van der Waals surface area contributed by atoms with Gasteiger partial charge in [-0.2, -0.15) is 0 Å². The zero-order valence-electron chi connectivity index (χ0n) is 10.4. The molecule has 94 valence electrons. The monoisotopic (exact) mass is 238 g/mol. The van der Waals surface area contributed by atoms with Crippen molar-refractivity contribution in [3.05, 3.63) is 17.7 Å². The predicted molar refractivity (Wildman–Crippen MR) is 64.0 cm³/mol. The number of hydrogen-bond donors (Lipinski definition) is 1. The second-order valence-electron chi connectivity index (χ2n) is 4.24. The molecule has 0 heterocycles. The lowest BCUT2D eigenvalue weighted by atomic mass is 10.1. The second-order valence-corrected chi connectivity index (χ2v) is 4.24. The molecule has 1 saturated carbocycles. The number of hydrogen-bond acceptors (Lipinski definition) is 4. The predicted octanol–water partition coefficient (Wildman–Crippen LogP) is 1.81. The van der Waals surface area contributed by atoms with Crippen LogP contribution in [0.1, 0.15) is 17.9 Å². The summed E-state index contributed by atoms with van der Waals surface area (Å²) in [7, 11) is 4.81. The fourth-order valence-electron chi connectivity index (χ4n) is 2.17. The molecular formula is C13H18O4. The first-order chi connectivity index (χ1) is 8.24. The molecule has 1 N–H and O–H groups in total. The molecule has 2 unspecified atom stereocenters. The Balaban J connectivity index is 2.35. The fraction of sp³-hybridized carbons (Fsp3) is 0.538. The minimum Gasteiger partial charge on any atom is -0.493 e. The maximum absolute atomic E-state index is 9.10. The molecule has 0 aliphatic heterocycles. The van der Waals surface area contributed by atoms with E-state index in [1.807, 2.05) is 12.1 Å². The van der Waals surface area contributed by atoms with E-state index in [1.165, 1.54) is 0 Å². The van der Waals surface area contributed by atoms with Crippen LogP contribution in [0.25, 0.3) is 0 Å². The summed E-state index contributed by atoms with van der Waals surface area (Å²) >= 11 is 0. The quantitative estimate of drug-likeness (QED) is 0.850. The molecule has 1 aromatic carbocycles. The lowest BCUT2D eigenvalue weighted by molar-refractivity contribution is 0.273. The molecular weight excluding hydrogens is 220 g/mol. The number of methoxy groups -OCH3 is 3. The van der Waals surface area contributed by atoms with Crippen LogP contribution in [0.4, 0.5) is 0 Å². The highest BCUT2D eigenvalue weighted by Crippen LogP contribution is 2.50. The molecule has 17 heavy (non-hydrogen) atoms. The van der Waals surface area contributed by atoms with Gasteiger partial charge in [0.15, 0.2) is 11.5 Å². The number of aliphatic hydroxyl groups excluding tert-OH is 1. The van der Waals surface area contributed by atoms with Gasteiger partial charge in [-0.1, -0.05) is 0 Å². The van der Waals surface area contributed by atoms with Gasteiger partial charge < -0.3 is 19.3 Å². The topological polar surface area (TPSA) is 47.9 Å². The van der Waals surface area contributed by atoms with E-state index in [0.717, 1.165) is 12.0 Å². The fourth-order valence-corrected chi connectivity index (χ4v) is 2.17. The van der Waals surface area contributed by atoms with Crippen molar-refractivity contribution in [2.45, 2.75) is 12.3 Å². The Morgan fingerprint density at radius 2 is 1.71 bits per heavy atom. The van der Waals surface area contributed by atoms with Gasteiger partial charge in [0.05, 0.1) is 21.3 Å². The van der Waals surface area contributed by atoms with Gasteiger partial charge in [0.1, 0.15) is 0 Å². The van der Waals surface area contributed by atoms with Gasteiger partial charge in [-0.15, -0.1) is 0 Å². The van der Waals surface area contributed by atoms with Crippen LogP contribution in [0.3, 0.4) is 0 Å². The molecule has 1 fully saturated rings. The lowest BCUT2D eigenvalue weighted by Gasteiger charge is -2.14. The third-order valence-electron chi connectivity index (χ3n) is 3.27. The van der Waals surface area contributed by atoms with Crippen molar-refractivity contribution in [1.82, 2.24) is 0 Å². The largest absolute Gasteiger partial charge is 0.493 e. The zero-order chi connectivity index (χ0) is 12.4. The van der Waals surface area contributed by atoms with E-state index < -0.39 is 0 Å². The summed E-state index contributed by atoms with van der Waals surface area (Å²) in [6.45, 7) is 0.237. The minimum atomic E-state index is 0.237. The molecule has 2 rings (SSSR count). The molecule has 1 aromatic rings. The van der Waals surface area contributed by atoms with Gasteiger partial charge in [-0.3, -0.25) is 0 Å². The van der Waals surface area contributed by atoms with Crippen LogP contribution in [0, 0.1) is 5.92 Å². The number of aliphatic hydroxyl groups is 1. The minimum absolute atomic E-state index is 0.237. The molecule has 0 aromatic heterocycles. The number of ether oxygens (including phenoxy) is 3. The van der Waals surface area contributed by atoms with E-state index >= 15 is 0 Å². The third kappa shape index (κ3) is 2.17. The molecule has 1 aliphatic rings. The van der Waals surface area contributed by atoms with E-state index in [2.05, 4.69) is 0 Å². The highest BCUT2D eigenvalue weighted by Gasteiger charge is 2.38. The average Bonchev–Trinajstić information content (AvgIpc) is 3.16. The summed E-state index contributed by atoms with van der Waals surface area (Å²) in [5.74, 6) is 2.74. The molecule has 0 radical (unpaired) electrons. The van der Waals surface area contributed by atoms with E-state index in [9.17, 15) is 0 Å². The molecule has 0 amide bonds. The third-order valence-corrected chi connectivity index (χ3v) is 3.27. The normalized spacial score (nSPS) is 22.1. The standard InChI is InChI=1S/C13H18O4/c1-15-11-5-8(10-4-9(10)7-14)6-12(16-2)13(11)17-3/h5-6,9-10,14H,4,7H2,1-3H3. The highest BCUT2D eigenvalue weighted by atomic mass is 16.5. The Labute approximate surface area is 101 Å². The smallest absolute Gasteiger partial charge is 0.203 e. The Morgan fingerprint density at radius 1 is 1.12 bits per heavy atom. The lowest BCUT2D eigenvalue weighted by Crippen LogP contribution is -1.97. The summed E-state index contributed by atoms with van der Waals surface area (Å²) < 4.78 is 15.9. The Morgan fingerprint density at radius 3 is 2.06 bits per heavy atom. The van der Waals surface area contributed by atoms with E-state index in [-0.39, 0.29) is 6.61 Å². The van der Waals surface area contributed by atoms with Crippen molar-refractivity contribution in [1.29, 1.82) is 0 Å². The molecule has 4 nitrogen and oxygen atoms in total. The number of rotatable bonds is 5. The van der Waals surface area contributed by atoms with Crippen molar-refractivity contribution in [2.24, 2.45) is 5.92 Å². The molecule has 0 saturated heterocycles. The summed E-state index contributed by atoms with van der Waals surface area (Å²) in [6.07, 6.45) is 1.02. The first-order valence-corrected chi connectivity index (χ1v) is 5.65. The van der Waals surface area contributed by atoms with Crippen LogP contribution >= 0.6 is 0 Å². The van der Waals surface area contributed by atoms with Gasteiger partial charge in [0.25, 0.3) is 0 Å². The van der Waals surface area contributed by atoms with Gasteiger partial charge >= 0.3 is 0 Å². The Kier molecular flexibility index (Phi) is 3.43. The average molecular weight is 238 g/mol. The van der Waals surface area contributed by atoms with Crippen LogP contribution in [0.2, 0.25) is 0 Å². The molecule has 2 atom stereocenters. The highest BCUT2D eigenvalue weighted by molar-refractivity contribution is 5.55.